The predicted molar refractivity (Wildman–Crippen MR) is 89.5 cm³/mol. The van der Waals surface area contributed by atoms with Crippen LogP contribution in [0.4, 0.5) is 5.69 Å². The number of hydrogen-bond acceptors (Lipinski definition) is 5. The number of benzene rings is 1. The Morgan fingerprint density at radius 3 is 2.52 bits per heavy atom. The van der Waals surface area contributed by atoms with Crippen LogP contribution in [0.25, 0.3) is 0 Å². The van der Waals surface area contributed by atoms with Gasteiger partial charge in [-0.25, -0.2) is 0 Å². The quantitative estimate of drug-likeness (QED) is 0.237. The standard InChI is InChI=1S/C15H25N3O2S/c1-5-18(10-15(3,4)19)11-8-7-9-12(21-6-2)13(11)14(16)17-20/h7-9,19-20H,5-6,10H2,1-4H3,(H2,16,17). The average Bonchev–Trinajstić information content (AvgIpc) is 2.43. The van der Waals surface area contributed by atoms with E-state index in [1.54, 1.807) is 25.6 Å². The highest BCUT2D eigenvalue weighted by Crippen LogP contribution is 2.31. The van der Waals surface area contributed by atoms with Crippen molar-refractivity contribution in [1.82, 2.24) is 0 Å². The smallest absolute Gasteiger partial charge is 0.173 e. The first-order valence-corrected chi connectivity index (χ1v) is 8.03. The lowest BCUT2D eigenvalue weighted by Gasteiger charge is -2.31. The van der Waals surface area contributed by atoms with Gasteiger partial charge in [-0.1, -0.05) is 18.1 Å². The molecule has 0 aliphatic carbocycles. The summed E-state index contributed by atoms with van der Waals surface area (Å²) >= 11 is 1.64. The minimum absolute atomic E-state index is 0.0933. The van der Waals surface area contributed by atoms with Crippen molar-refractivity contribution in [1.29, 1.82) is 0 Å². The normalized spacial score (nSPS) is 12.5. The maximum atomic E-state index is 10.1. The summed E-state index contributed by atoms with van der Waals surface area (Å²) in [6.07, 6.45) is 0. The molecule has 0 unspecified atom stereocenters. The van der Waals surface area contributed by atoms with E-state index in [2.05, 4.69) is 12.1 Å². The van der Waals surface area contributed by atoms with E-state index in [0.29, 0.717) is 6.54 Å². The summed E-state index contributed by atoms with van der Waals surface area (Å²) in [5.41, 5.74) is 6.64. The van der Waals surface area contributed by atoms with Gasteiger partial charge in [-0.05, 0) is 38.7 Å². The number of oxime groups is 1. The van der Waals surface area contributed by atoms with Crippen molar-refractivity contribution in [2.24, 2.45) is 10.9 Å². The molecular weight excluding hydrogens is 286 g/mol. The molecule has 0 saturated heterocycles. The van der Waals surface area contributed by atoms with E-state index in [1.165, 1.54) is 0 Å². The zero-order valence-electron chi connectivity index (χ0n) is 13.1. The molecule has 0 aliphatic heterocycles. The van der Waals surface area contributed by atoms with Gasteiger partial charge in [0.2, 0.25) is 0 Å². The molecule has 0 aliphatic rings. The van der Waals surface area contributed by atoms with E-state index in [-0.39, 0.29) is 5.84 Å². The summed E-state index contributed by atoms with van der Waals surface area (Å²) in [4.78, 5) is 3.01. The van der Waals surface area contributed by atoms with Gasteiger partial charge in [-0.2, -0.15) is 0 Å². The van der Waals surface area contributed by atoms with Gasteiger partial charge in [0.05, 0.1) is 11.2 Å². The molecule has 0 atom stereocenters. The molecule has 6 heteroatoms. The number of aliphatic hydroxyl groups is 1. The van der Waals surface area contributed by atoms with Gasteiger partial charge in [0, 0.05) is 23.7 Å². The summed E-state index contributed by atoms with van der Waals surface area (Å²) in [6.45, 7) is 8.79. The van der Waals surface area contributed by atoms with E-state index in [9.17, 15) is 5.11 Å². The summed E-state index contributed by atoms with van der Waals surface area (Å²) in [6, 6.07) is 5.85. The van der Waals surface area contributed by atoms with Crippen LogP contribution in [0.1, 0.15) is 33.3 Å². The maximum absolute atomic E-state index is 10.1. The topological polar surface area (TPSA) is 82.1 Å². The highest BCUT2D eigenvalue weighted by atomic mass is 32.2. The van der Waals surface area contributed by atoms with Crippen LogP contribution in [0.2, 0.25) is 0 Å². The predicted octanol–water partition coefficient (Wildman–Crippen LogP) is 2.49. The molecule has 0 bridgehead atoms. The number of thioether (sulfide) groups is 1. The van der Waals surface area contributed by atoms with Crippen LogP contribution in [-0.4, -0.2) is 40.6 Å². The first-order valence-electron chi connectivity index (χ1n) is 7.05. The van der Waals surface area contributed by atoms with Crippen molar-refractivity contribution >= 4 is 23.3 Å². The largest absolute Gasteiger partial charge is 0.409 e. The van der Waals surface area contributed by atoms with Gasteiger partial charge < -0.3 is 20.9 Å². The second kappa shape index (κ2) is 7.56. The van der Waals surface area contributed by atoms with Gasteiger partial charge in [0.25, 0.3) is 0 Å². The number of rotatable bonds is 7. The number of likely N-dealkylation sites (N-methyl/N-ethyl adjacent to an activating group) is 1. The van der Waals surface area contributed by atoms with Crippen LogP contribution in [0, 0.1) is 0 Å². The number of nitrogens with two attached hydrogens (primary N) is 1. The third-order valence-corrected chi connectivity index (χ3v) is 3.91. The van der Waals surface area contributed by atoms with E-state index in [1.807, 2.05) is 30.0 Å². The maximum Gasteiger partial charge on any atom is 0.173 e. The lowest BCUT2D eigenvalue weighted by molar-refractivity contribution is 0.0876. The fourth-order valence-electron chi connectivity index (χ4n) is 2.20. The monoisotopic (exact) mass is 311 g/mol. The molecule has 0 saturated carbocycles. The molecule has 0 fully saturated rings. The molecule has 118 valence electrons. The van der Waals surface area contributed by atoms with Gasteiger partial charge in [0.15, 0.2) is 5.84 Å². The Morgan fingerprint density at radius 2 is 2.05 bits per heavy atom. The van der Waals surface area contributed by atoms with Crippen molar-refractivity contribution < 1.29 is 10.3 Å². The highest BCUT2D eigenvalue weighted by molar-refractivity contribution is 7.99. The van der Waals surface area contributed by atoms with E-state index in [4.69, 9.17) is 10.9 Å². The van der Waals surface area contributed by atoms with Gasteiger partial charge in [-0.15, -0.1) is 11.8 Å². The Kier molecular flexibility index (Phi) is 6.36. The lowest BCUT2D eigenvalue weighted by Crippen LogP contribution is -2.39. The van der Waals surface area contributed by atoms with Crippen LogP contribution in [0.5, 0.6) is 0 Å². The van der Waals surface area contributed by atoms with Crippen LogP contribution >= 0.6 is 11.8 Å². The van der Waals surface area contributed by atoms with Crippen LogP contribution in [0.15, 0.2) is 28.3 Å². The molecule has 1 rings (SSSR count). The van der Waals surface area contributed by atoms with Gasteiger partial charge in [-0.3, -0.25) is 0 Å². The van der Waals surface area contributed by atoms with E-state index >= 15 is 0 Å². The SMILES string of the molecule is CCSc1cccc(N(CC)CC(C)(C)O)c1/C(N)=N/O. The van der Waals surface area contributed by atoms with Crippen molar-refractivity contribution in [3.8, 4) is 0 Å². The molecule has 0 amide bonds. The van der Waals surface area contributed by atoms with Crippen LogP contribution in [-0.2, 0) is 0 Å². The number of nitrogens with zero attached hydrogens (tertiary/aromatic N) is 2. The zero-order chi connectivity index (χ0) is 16.0. The summed E-state index contributed by atoms with van der Waals surface area (Å²) < 4.78 is 0. The first kappa shape index (κ1) is 17.7. The Labute approximate surface area is 130 Å². The Hall–Kier alpha value is -1.40. The van der Waals surface area contributed by atoms with Crippen molar-refractivity contribution in [2.75, 3.05) is 23.7 Å². The third kappa shape index (κ3) is 4.82. The molecule has 5 nitrogen and oxygen atoms in total. The van der Waals surface area contributed by atoms with Gasteiger partial charge in [0.1, 0.15) is 0 Å². The van der Waals surface area contributed by atoms with E-state index in [0.717, 1.165) is 28.4 Å². The van der Waals surface area contributed by atoms with Crippen LogP contribution < -0.4 is 10.6 Å². The van der Waals surface area contributed by atoms with Crippen molar-refractivity contribution in [2.45, 2.75) is 38.2 Å². The first-order chi connectivity index (χ1) is 9.84. The Morgan fingerprint density at radius 1 is 1.38 bits per heavy atom. The molecule has 0 heterocycles. The highest BCUT2D eigenvalue weighted by Gasteiger charge is 2.22. The lowest BCUT2D eigenvalue weighted by atomic mass is 10.1. The molecular formula is C15H25N3O2S. The third-order valence-electron chi connectivity index (χ3n) is 2.97. The fraction of sp³-hybridized carbons (Fsp3) is 0.533. The summed E-state index contributed by atoms with van der Waals surface area (Å²) in [5, 5.41) is 22.3. The molecule has 1 aromatic rings. The summed E-state index contributed by atoms with van der Waals surface area (Å²) in [7, 11) is 0. The average molecular weight is 311 g/mol. The number of hydrogen-bond donors (Lipinski definition) is 3. The fourth-order valence-corrected chi connectivity index (χ4v) is 3.04. The minimum Gasteiger partial charge on any atom is -0.409 e. The van der Waals surface area contributed by atoms with Crippen LogP contribution in [0.3, 0.4) is 0 Å². The molecule has 4 N–H and O–H groups in total. The van der Waals surface area contributed by atoms with E-state index < -0.39 is 5.60 Å². The number of anilines is 1. The number of amidine groups is 1. The van der Waals surface area contributed by atoms with Crippen molar-refractivity contribution in [3.63, 3.8) is 0 Å². The second-order valence-corrected chi connectivity index (χ2v) is 6.70. The molecule has 0 radical (unpaired) electrons. The molecule has 21 heavy (non-hydrogen) atoms. The molecule has 0 spiro atoms. The van der Waals surface area contributed by atoms with Gasteiger partial charge >= 0.3 is 0 Å². The Bertz CT molecular complexity index is 498. The second-order valence-electron chi connectivity index (χ2n) is 5.40. The summed E-state index contributed by atoms with van der Waals surface area (Å²) in [5.74, 6) is 0.989. The van der Waals surface area contributed by atoms with Crippen molar-refractivity contribution in [3.05, 3.63) is 23.8 Å². The molecule has 0 aromatic heterocycles. The Balaban J connectivity index is 3.35. The zero-order valence-corrected chi connectivity index (χ0v) is 13.9. The molecule has 1 aromatic carbocycles. The minimum atomic E-state index is -0.827.